The Kier molecular flexibility index (Phi) is 60.0. The fraction of sp³-hybridized carbons (Fsp3) is 0.716. The van der Waals surface area contributed by atoms with Gasteiger partial charge in [-0.25, -0.2) is 0 Å². The fourth-order valence-corrected chi connectivity index (χ4v) is 13.0. The number of amides is 1. The SMILES string of the molecule is CC/C=C\C/C=C\C/C=C\C/C=C\C/C=C\C/C=C\C/C=C\C/C=C\C/C=C\CCCC(=O)NC(COC1OC(CO)C(OC2OC(CO)C(OC3OC(CO)C(O)C(O)C3O)C(O)C2O)C(O)C1O)C(O)/C=C/CC/C=C/CC/C=C/CCCCCCCCCCCCCCCCCCCCCCCCC. The molecule has 0 aromatic carbocycles. The highest BCUT2D eigenvalue weighted by Crippen LogP contribution is 2.33. The molecule has 1 amide bonds. The van der Waals surface area contributed by atoms with E-state index in [0.717, 1.165) is 83.5 Å². The second-order valence-electron chi connectivity index (χ2n) is 28.8. The minimum Gasteiger partial charge on any atom is -0.394 e. The van der Waals surface area contributed by atoms with Gasteiger partial charge in [-0.15, -0.1) is 0 Å². The highest BCUT2D eigenvalue weighted by molar-refractivity contribution is 5.76. The largest absolute Gasteiger partial charge is 0.394 e. The third-order valence-corrected chi connectivity index (χ3v) is 19.6. The van der Waals surface area contributed by atoms with Crippen molar-refractivity contribution >= 4 is 5.91 Å². The summed E-state index contributed by atoms with van der Waals surface area (Å²) in [5.41, 5.74) is 0. The Bertz CT molecular complexity index is 2500. The maximum atomic E-state index is 13.4. The number of carbonyl (C=O) groups is 1. The predicted octanol–water partition coefficient (Wildman–Crippen LogP) is 14.6. The molecule has 107 heavy (non-hydrogen) atoms. The van der Waals surface area contributed by atoms with Gasteiger partial charge in [-0.05, 0) is 109 Å². The smallest absolute Gasteiger partial charge is 0.220 e. The zero-order valence-corrected chi connectivity index (χ0v) is 65.6. The number of carbonyl (C=O) groups excluding carboxylic acids is 1. The molecule has 0 aromatic rings. The van der Waals surface area contributed by atoms with E-state index in [0.29, 0.717) is 19.3 Å². The highest BCUT2D eigenvalue weighted by atomic mass is 16.8. The second kappa shape index (κ2) is 66.3. The number of aliphatic hydroxyl groups excluding tert-OH is 11. The van der Waals surface area contributed by atoms with Gasteiger partial charge in [-0.2, -0.15) is 0 Å². The van der Waals surface area contributed by atoms with Crippen molar-refractivity contribution in [3.05, 3.63) is 146 Å². The normalized spacial score (nSPS) is 26.3. The summed E-state index contributed by atoms with van der Waals surface area (Å²) in [6, 6.07) is -1.04. The zero-order chi connectivity index (χ0) is 77.4. The number of ether oxygens (including phenoxy) is 6. The van der Waals surface area contributed by atoms with Crippen LogP contribution in [0.2, 0.25) is 0 Å². The molecule has 0 radical (unpaired) electrons. The van der Waals surface area contributed by atoms with Crippen molar-refractivity contribution in [3.63, 3.8) is 0 Å². The molecule has 0 aliphatic carbocycles. The van der Waals surface area contributed by atoms with Gasteiger partial charge >= 0.3 is 0 Å². The lowest BCUT2D eigenvalue weighted by molar-refractivity contribution is -0.379. The van der Waals surface area contributed by atoms with Crippen molar-refractivity contribution in [2.75, 3.05) is 26.4 Å². The first-order chi connectivity index (χ1) is 52.3. The van der Waals surface area contributed by atoms with Crippen molar-refractivity contribution < 1.29 is 89.4 Å². The summed E-state index contributed by atoms with van der Waals surface area (Å²) in [5, 5.41) is 121. The Morgan fingerprint density at radius 3 is 1.05 bits per heavy atom. The molecule has 3 aliphatic rings. The average molecular weight is 1510 g/mol. The van der Waals surface area contributed by atoms with Crippen molar-refractivity contribution in [2.45, 2.75) is 375 Å². The van der Waals surface area contributed by atoms with Gasteiger partial charge < -0.3 is 89.9 Å². The van der Waals surface area contributed by atoms with Crippen LogP contribution in [0, 0.1) is 0 Å². The Labute approximate surface area is 644 Å². The quantitative estimate of drug-likeness (QED) is 0.0199. The lowest BCUT2D eigenvalue weighted by Crippen LogP contribution is -2.66. The molecular weight excluding hydrogens is 1360 g/mol. The standard InChI is InChI=1S/C88H147NO18/c1-3-5-7-9-11-13-15-17-19-21-23-25-27-29-31-33-34-35-36-38-39-41-43-45-47-49-51-53-55-57-59-61-63-65-72(93)71(89-76(94)66-64-62-60-58-56-54-52-50-48-46-44-42-40-37-32-30-28-26-24-22-20-18-16-14-12-10-8-6-4-2)70-102-86-82(100)79(97)84(74(68-91)104-86)107-88-83(101)80(98)85(75(69-92)105-88)106-87-81(99)78(96)77(95)73(67-90)103-87/h6,8,12,14,18,20,24,26,30,32,40,42,46-49,52,54-55,57-58,60,63,65,71-75,77-88,90-93,95-101H,3-5,7,9-11,13,15-17,19,21-23,25,27-29,31,33-39,41,43-45,50-51,53,56,59,61-62,64,66-70H2,1-2H3,(H,89,94)/b8-6-,14-12-,20-18-,26-24-,32-30-,42-40-,48-46-,49-47+,54-52-,57-55+,60-58-,65-63+. The van der Waals surface area contributed by atoms with E-state index < -0.39 is 131 Å². The maximum absolute atomic E-state index is 13.4. The highest BCUT2D eigenvalue weighted by Gasteiger charge is 2.54. The number of hydrogen-bond donors (Lipinski definition) is 12. The molecule has 0 spiro atoms. The Morgan fingerprint density at radius 2 is 0.654 bits per heavy atom. The van der Waals surface area contributed by atoms with E-state index in [1.165, 1.54) is 148 Å². The van der Waals surface area contributed by atoms with Gasteiger partial charge in [0, 0.05) is 6.42 Å². The predicted molar refractivity (Wildman–Crippen MR) is 429 cm³/mol. The first-order valence-corrected chi connectivity index (χ1v) is 41.6. The van der Waals surface area contributed by atoms with Crippen LogP contribution in [0.15, 0.2) is 146 Å². The molecular formula is C88H147NO18. The fourth-order valence-electron chi connectivity index (χ4n) is 13.0. The van der Waals surface area contributed by atoms with Gasteiger partial charge in [0.2, 0.25) is 5.91 Å². The molecule has 17 unspecified atom stereocenters. The molecule has 3 aliphatic heterocycles. The third-order valence-electron chi connectivity index (χ3n) is 19.6. The van der Waals surface area contributed by atoms with Crippen LogP contribution in [-0.4, -0.2) is 193 Å². The maximum Gasteiger partial charge on any atom is 0.220 e. The van der Waals surface area contributed by atoms with Crippen LogP contribution >= 0.6 is 0 Å². The molecule has 3 heterocycles. The summed E-state index contributed by atoms with van der Waals surface area (Å²) in [4.78, 5) is 13.4. The van der Waals surface area contributed by atoms with Crippen LogP contribution in [0.3, 0.4) is 0 Å². The summed E-state index contributed by atoms with van der Waals surface area (Å²) < 4.78 is 34.4. The number of allylic oxidation sites excluding steroid dienone is 23. The third kappa shape index (κ3) is 45.7. The zero-order valence-electron chi connectivity index (χ0n) is 65.6. The minimum atomic E-state index is -2.00. The number of unbranched alkanes of at least 4 members (excludes halogenated alkanes) is 26. The molecule has 0 saturated carbocycles. The molecule has 19 heteroatoms. The summed E-state index contributed by atoms with van der Waals surface area (Å²) in [6.45, 7) is 1.56. The van der Waals surface area contributed by atoms with Crippen LogP contribution in [0.5, 0.6) is 0 Å². The molecule has 0 bridgehead atoms. The summed E-state index contributed by atoms with van der Waals surface area (Å²) >= 11 is 0. The van der Waals surface area contributed by atoms with Crippen molar-refractivity contribution in [1.29, 1.82) is 0 Å². The lowest BCUT2D eigenvalue weighted by atomic mass is 9.96. The molecule has 12 N–H and O–H groups in total. The van der Waals surface area contributed by atoms with E-state index in [1.807, 2.05) is 12.2 Å². The molecule has 0 aromatic heterocycles. The van der Waals surface area contributed by atoms with E-state index in [9.17, 15) is 61.0 Å². The molecule has 19 nitrogen and oxygen atoms in total. The number of aliphatic hydroxyl groups is 11. The van der Waals surface area contributed by atoms with Crippen LogP contribution in [0.4, 0.5) is 0 Å². The molecule has 3 rings (SSSR count). The van der Waals surface area contributed by atoms with Gasteiger partial charge in [-0.1, -0.05) is 301 Å². The van der Waals surface area contributed by atoms with Gasteiger partial charge in [-0.3, -0.25) is 4.79 Å². The van der Waals surface area contributed by atoms with E-state index >= 15 is 0 Å². The van der Waals surface area contributed by atoms with Gasteiger partial charge in [0.15, 0.2) is 18.9 Å². The monoisotopic (exact) mass is 1510 g/mol. The van der Waals surface area contributed by atoms with E-state index in [4.69, 9.17) is 28.4 Å². The first-order valence-electron chi connectivity index (χ1n) is 41.6. The van der Waals surface area contributed by atoms with Crippen molar-refractivity contribution in [1.82, 2.24) is 5.32 Å². The molecule has 17 atom stereocenters. The van der Waals surface area contributed by atoms with Crippen LogP contribution in [0.1, 0.15) is 271 Å². The molecule has 3 saturated heterocycles. The van der Waals surface area contributed by atoms with Crippen LogP contribution in [0.25, 0.3) is 0 Å². The summed E-state index contributed by atoms with van der Waals surface area (Å²) in [7, 11) is 0. The second-order valence-corrected chi connectivity index (χ2v) is 28.8. The number of nitrogens with one attached hydrogen (secondary N) is 1. The first kappa shape index (κ1) is 96.9. The summed E-state index contributed by atoms with van der Waals surface area (Å²) in [5.74, 6) is -0.351. The van der Waals surface area contributed by atoms with E-state index in [2.05, 4.69) is 147 Å². The number of hydrogen-bond acceptors (Lipinski definition) is 18. The van der Waals surface area contributed by atoms with Gasteiger partial charge in [0.25, 0.3) is 0 Å². The number of rotatable bonds is 64. The average Bonchev–Trinajstić information content (AvgIpc) is 0.781. The summed E-state index contributed by atoms with van der Waals surface area (Å²) in [6.07, 6.45) is 70.0. The van der Waals surface area contributed by atoms with Crippen LogP contribution < -0.4 is 5.32 Å². The van der Waals surface area contributed by atoms with Crippen molar-refractivity contribution in [3.8, 4) is 0 Å². The van der Waals surface area contributed by atoms with E-state index in [1.54, 1.807) is 6.08 Å². The topological polar surface area (TPSA) is 307 Å². The van der Waals surface area contributed by atoms with E-state index in [-0.39, 0.29) is 12.3 Å². The molecule has 3 fully saturated rings. The van der Waals surface area contributed by atoms with Crippen LogP contribution in [-0.2, 0) is 33.2 Å². The van der Waals surface area contributed by atoms with Crippen molar-refractivity contribution in [2.24, 2.45) is 0 Å². The minimum absolute atomic E-state index is 0.142. The lowest BCUT2D eigenvalue weighted by Gasteiger charge is -2.48. The Morgan fingerprint density at radius 1 is 0.346 bits per heavy atom. The Hall–Kier alpha value is -4.33. The van der Waals surface area contributed by atoms with Gasteiger partial charge in [0.1, 0.15) is 73.2 Å². The Balaban J connectivity index is 1.41. The molecule has 612 valence electrons. The van der Waals surface area contributed by atoms with Gasteiger partial charge in [0.05, 0.1) is 38.6 Å².